The Kier molecular flexibility index (Phi) is 5.48. The Morgan fingerprint density at radius 1 is 0.900 bits per heavy atom. The molecule has 0 aromatic rings. The molecule has 2 aliphatic rings. The van der Waals surface area contributed by atoms with Crippen LogP contribution in [-0.4, -0.2) is 35.6 Å². The molecule has 3 heteroatoms. The van der Waals surface area contributed by atoms with Gasteiger partial charge in [-0.3, -0.25) is 4.79 Å². The van der Waals surface area contributed by atoms with Gasteiger partial charge in [-0.1, -0.05) is 38.5 Å². The van der Waals surface area contributed by atoms with Crippen molar-refractivity contribution in [3.63, 3.8) is 0 Å². The summed E-state index contributed by atoms with van der Waals surface area (Å²) in [5.74, 6) is 0.207. The Hall–Kier alpha value is -0.570. The van der Waals surface area contributed by atoms with Gasteiger partial charge in [0.05, 0.1) is 0 Å². The Balaban J connectivity index is 2.15. The molecule has 0 bridgehead atoms. The first kappa shape index (κ1) is 15.8. The number of nitrogens with zero attached hydrogens (tertiary/aromatic N) is 1. The maximum Gasteiger partial charge on any atom is 0.254 e. The van der Waals surface area contributed by atoms with Gasteiger partial charge in [-0.05, 0) is 39.5 Å². The SMILES string of the molecule is COC(C)(C)C(=O)N(C1CCCCC1)C1CCCCC1. The second kappa shape index (κ2) is 6.93. The lowest BCUT2D eigenvalue weighted by molar-refractivity contribution is -0.158. The van der Waals surface area contributed by atoms with E-state index in [2.05, 4.69) is 4.90 Å². The maximum atomic E-state index is 13.0. The monoisotopic (exact) mass is 281 g/mol. The maximum absolute atomic E-state index is 13.0. The minimum absolute atomic E-state index is 0.207. The number of hydrogen-bond acceptors (Lipinski definition) is 2. The molecule has 2 saturated carbocycles. The van der Waals surface area contributed by atoms with Crippen LogP contribution in [-0.2, 0) is 9.53 Å². The van der Waals surface area contributed by atoms with Crippen LogP contribution in [0.4, 0.5) is 0 Å². The Labute approximate surface area is 124 Å². The first-order chi connectivity index (χ1) is 9.56. The van der Waals surface area contributed by atoms with Gasteiger partial charge < -0.3 is 9.64 Å². The first-order valence-electron chi connectivity index (χ1n) is 8.44. The van der Waals surface area contributed by atoms with Crippen molar-refractivity contribution in [2.24, 2.45) is 0 Å². The van der Waals surface area contributed by atoms with E-state index in [1.54, 1.807) is 7.11 Å². The summed E-state index contributed by atoms with van der Waals surface area (Å²) in [4.78, 5) is 15.2. The summed E-state index contributed by atoms with van der Waals surface area (Å²) in [6.45, 7) is 3.82. The summed E-state index contributed by atoms with van der Waals surface area (Å²) in [6.07, 6.45) is 12.5. The van der Waals surface area contributed by atoms with Crippen molar-refractivity contribution >= 4 is 5.91 Å². The smallest absolute Gasteiger partial charge is 0.254 e. The van der Waals surface area contributed by atoms with E-state index < -0.39 is 5.60 Å². The number of amides is 1. The third-order valence-electron chi connectivity index (χ3n) is 5.20. The van der Waals surface area contributed by atoms with Crippen LogP contribution in [0, 0.1) is 0 Å². The zero-order valence-corrected chi connectivity index (χ0v) is 13.5. The molecule has 1 amide bonds. The molecule has 0 spiro atoms. The summed E-state index contributed by atoms with van der Waals surface area (Å²) >= 11 is 0. The van der Waals surface area contributed by atoms with E-state index in [1.807, 2.05) is 13.8 Å². The summed E-state index contributed by atoms with van der Waals surface area (Å²) in [7, 11) is 1.65. The molecule has 0 aromatic carbocycles. The fraction of sp³-hybridized carbons (Fsp3) is 0.941. The average molecular weight is 281 g/mol. The zero-order valence-electron chi connectivity index (χ0n) is 13.5. The lowest BCUT2D eigenvalue weighted by Crippen LogP contribution is -2.55. The van der Waals surface area contributed by atoms with E-state index in [-0.39, 0.29) is 5.91 Å². The Morgan fingerprint density at radius 3 is 1.65 bits per heavy atom. The summed E-state index contributed by atoms with van der Waals surface area (Å²) in [6, 6.07) is 0.905. The van der Waals surface area contributed by atoms with Crippen molar-refractivity contribution < 1.29 is 9.53 Å². The summed E-state index contributed by atoms with van der Waals surface area (Å²) < 4.78 is 5.47. The predicted octanol–water partition coefficient (Wildman–Crippen LogP) is 3.91. The molecule has 0 N–H and O–H groups in total. The third kappa shape index (κ3) is 3.55. The van der Waals surface area contributed by atoms with Crippen molar-refractivity contribution in [1.29, 1.82) is 0 Å². The van der Waals surface area contributed by atoms with Gasteiger partial charge in [-0.15, -0.1) is 0 Å². The molecule has 116 valence electrons. The van der Waals surface area contributed by atoms with E-state index in [0.717, 1.165) is 0 Å². The molecule has 0 radical (unpaired) electrons. The number of rotatable bonds is 4. The standard InChI is InChI=1S/C17H31NO2/c1-17(2,20-3)16(19)18(14-10-6-4-7-11-14)15-12-8-5-9-13-15/h14-15H,4-13H2,1-3H3. The van der Waals surface area contributed by atoms with Crippen molar-refractivity contribution in [3.05, 3.63) is 0 Å². The molecule has 3 nitrogen and oxygen atoms in total. The van der Waals surface area contributed by atoms with E-state index in [4.69, 9.17) is 4.74 Å². The second-order valence-corrected chi connectivity index (χ2v) is 7.01. The molecule has 2 rings (SSSR count). The van der Waals surface area contributed by atoms with E-state index in [0.29, 0.717) is 12.1 Å². The van der Waals surface area contributed by atoms with Gasteiger partial charge in [0.25, 0.3) is 5.91 Å². The lowest BCUT2D eigenvalue weighted by atomic mass is 9.87. The van der Waals surface area contributed by atoms with Crippen LogP contribution in [0.3, 0.4) is 0 Å². The van der Waals surface area contributed by atoms with Crippen LogP contribution in [0.1, 0.15) is 78.1 Å². The highest BCUT2D eigenvalue weighted by molar-refractivity contribution is 5.85. The van der Waals surface area contributed by atoms with Crippen molar-refractivity contribution in [2.45, 2.75) is 95.7 Å². The van der Waals surface area contributed by atoms with Crippen LogP contribution < -0.4 is 0 Å². The fourth-order valence-corrected chi connectivity index (χ4v) is 3.75. The number of carbonyl (C=O) groups excluding carboxylic acids is 1. The van der Waals surface area contributed by atoms with Crippen LogP contribution in [0.15, 0.2) is 0 Å². The van der Waals surface area contributed by atoms with Gasteiger partial charge in [-0.25, -0.2) is 0 Å². The molecule has 0 aromatic heterocycles. The molecule has 0 saturated heterocycles. The second-order valence-electron chi connectivity index (χ2n) is 7.01. The molecule has 0 aliphatic heterocycles. The number of hydrogen-bond donors (Lipinski definition) is 0. The molecule has 20 heavy (non-hydrogen) atoms. The normalized spacial score (nSPS) is 22.8. The predicted molar refractivity (Wildman–Crippen MR) is 81.7 cm³/mol. The number of methoxy groups -OCH3 is 1. The highest BCUT2D eigenvalue weighted by atomic mass is 16.5. The molecule has 0 atom stereocenters. The van der Waals surface area contributed by atoms with Gasteiger partial charge in [0.2, 0.25) is 0 Å². The Morgan fingerprint density at radius 2 is 1.30 bits per heavy atom. The van der Waals surface area contributed by atoms with Crippen molar-refractivity contribution in [3.8, 4) is 0 Å². The highest BCUT2D eigenvalue weighted by Gasteiger charge is 2.39. The van der Waals surface area contributed by atoms with Gasteiger partial charge in [-0.2, -0.15) is 0 Å². The van der Waals surface area contributed by atoms with Crippen LogP contribution in [0.2, 0.25) is 0 Å². The number of ether oxygens (including phenoxy) is 1. The fourth-order valence-electron chi connectivity index (χ4n) is 3.75. The van der Waals surface area contributed by atoms with Crippen LogP contribution >= 0.6 is 0 Å². The molecule has 2 fully saturated rings. The van der Waals surface area contributed by atoms with Gasteiger partial charge in [0.1, 0.15) is 5.60 Å². The quantitative estimate of drug-likeness (QED) is 0.782. The summed E-state index contributed by atoms with van der Waals surface area (Å²) in [5.41, 5.74) is -0.686. The third-order valence-corrected chi connectivity index (χ3v) is 5.20. The average Bonchev–Trinajstić information content (AvgIpc) is 2.49. The minimum atomic E-state index is -0.686. The van der Waals surface area contributed by atoms with Crippen molar-refractivity contribution in [2.75, 3.05) is 7.11 Å². The van der Waals surface area contributed by atoms with Gasteiger partial charge in [0.15, 0.2) is 0 Å². The highest BCUT2D eigenvalue weighted by Crippen LogP contribution is 2.32. The number of carbonyl (C=O) groups is 1. The lowest BCUT2D eigenvalue weighted by Gasteiger charge is -2.44. The molecular weight excluding hydrogens is 250 g/mol. The van der Waals surface area contributed by atoms with Gasteiger partial charge >= 0.3 is 0 Å². The summed E-state index contributed by atoms with van der Waals surface area (Å²) in [5, 5.41) is 0. The van der Waals surface area contributed by atoms with Crippen LogP contribution in [0.5, 0.6) is 0 Å². The minimum Gasteiger partial charge on any atom is -0.369 e. The van der Waals surface area contributed by atoms with Crippen molar-refractivity contribution in [1.82, 2.24) is 4.90 Å². The molecule has 0 heterocycles. The van der Waals surface area contributed by atoms with Gasteiger partial charge in [0, 0.05) is 19.2 Å². The molecule has 2 aliphatic carbocycles. The zero-order chi connectivity index (χ0) is 14.6. The largest absolute Gasteiger partial charge is 0.369 e. The van der Waals surface area contributed by atoms with Crippen LogP contribution in [0.25, 0.3) is 0 Å². The van der Waals surface area contributed by atoms with E-state index >= 15 is 0 Å². The molecular formula is C17H31NO2. The first-order valence-corrected chi connectivity index (χ1v) is 8.44. The van der Waals surface area contributed by atoms with E-state index in [9.17, 15) is 4.79 Å². The topological polar surface area (TPSA) is 29.5 Å². The molecule has 0 unspecified atom stereocenters. The Bertz CT molecular complexity index is 297. The van der Waals surface area contributed by atoms with E-state index in [1.165, 1.54) is 64.2 Å².